The summed E-state index contributed by atoms with van der Waals surface area (Å²) < 4.78 is 13.0. The van der Waals surface area contributed by atoms with Gasteiger partial charge < -0.3 is 10.2 Å². The van der Waals surface area contributed by atoms with Crippen LogP contribution in [0.25, 0.3) is 0 Å². The van der Waals surface area contributed by atoms with Crippen LogP contribution in [0.3, 0.4) is 0 Å². The van der Waals surface area contributed by atoms with Crippen molar-refractivity contribution in [2.45, 2.75) is 12.1 Å². The average Bonchev–Trinajstić information content (AvgIpc) is 2.38. The molecule has 1 aromatic carbocycles. The number of nitrogens with one attached hydrogen (secondary N) is 1. The van der Waals surface area contributed by atoms with E-state index in [1.165, 1.54) is 5.56 Å². The van der Waals surface area contributed by atoms with E-state index in [4.69, 9.17) is 0 Å². The number of halogens is 1. The smallest absolute Gasteiger partial charge is 0.123 e. The molecule has 0 amide bonds. The Morgan fingerprint density at radius 3 is 2.78 bits per heavy atom. The molecule has 0 aromatic heterocycles. The van der Waals surface area contributed by atoms with Crippen LogP contribution in [-0.2, 0) is 0 Å². The van der Waals surface area contributed by atoms with Gasteiger partial charge in [0.25, 0.3) is 0 Å². The van der Waals surface area contributed by atoms with Gasteiger partial charge in [0, 0.05) is 44.8 Å². The van der Waals surface area contributed by atoms with Crippen LogP contribution in [0.1, 0.15) is 11.6 Å². The molecule has 1 aromatic rings. The fraction of sp³-hybridized carbons (Fsp3) is 0.571. The molecular formula is C14H20FN3. The number of likely N-dealkylation sites (N-methyl/N-ethyl adjacent to an activating group) is 1. The topological polar surface area (TPSA) is 18.5 Å². The summed E-state index contributed by atoms with van der Waals surface area (Å²) in [6.45, 7) is 5.34. The fourth-order valence-electron chi connectivity index (χ4n) is 3.17. The van der Waals surface area contributed by atoms with Crippen LogP contribution in [0.2, 0.25) is 0 Å². The Morgan fingerprint density at radius 2 is 2.00 bits per heavy atom. The van der Waals surface area contributed by atoms with Crippen LogP contribution in [0.5, 0.6) is 0 Å². The second kappa shape index (κ2) is 4.96. The molecule has 0 bridgehead atoms. The van der Waals surface area contributed by atoms with Crippen LogP contribution in [0.4, 0.5) is 4.39 Å². The van der Waals surface area contributed by atoms with Gasteiger partial charge in [-0.25, -0.2) is 4.39 Å². The molecule has 2 heterocycles. The Hall–Kier alpha value is -0.970. The number of rotatable bonds is 1. The van der Waals surface area contributed by atoms with Crippen LogP contribution < -0.4 is 5.32 Å². The minimum Gasteiger partial charge on any atom is -0.314 e. The Morgan fingerprint density at radius 1 is 1.22 bits per heavy atom. The summed E-state index contributed by atoms with van der Waals surface area (Å²) in [5.41, 5.74) is 1.23. The van der Waals surface area contributed by atoms with Gasteiger partial charge in [0.1, 0.15) is 5.82 Å². The van der Waals surface area contributed by atoms with Crippen LogP contribution >= 0.6 is 0 Å². The maximum absolute atomic E-state index is 13.0. The number of piperazine rings is 2. The summed E-state index contributed by atoms with van der Waals surface area (Å²) >= 11 is 0. The predicted molar refractivity (Wildman–Crippen MR) is 70.0 cm³/mol. The van der Waals surface area contributed by atoms with Crippen molar-refractivity contribution in [3.63, 3.8) is 0 Å². The number of fused-ring (bicyclic) bond motifs is 1. The monoisotopic (exact) mass is 249 g/mol. The molecule has 4 heteroatoms. The lowest BCUT2D eigenvalue weighted by molar-refractivity contribution is 0.0194. The van der Waals surface area contributed by atoms with E-state index in [-0.39, 0.29) is 5.82 Å². The first-order chi connectivity index (χ1) is 8.74. The Kier molecular flexibility index (Phi) is 3.33. The summed E-state index contributed by atoms with van der Waals surface area (Å²) in [5, 5.41) is 3.46. The van der Waals surface area contributed by atoms with Crippen LogP contribution in [-0.4, -0.2) is 55.6 Å². The Bertz CT molecular complexity index is 406. The van der Waals surface area contributed by atoms with E-state index in [0.29, 0.717) is 12.1 Å². The maximum Gasteiger partial charge on any atom is 0.123 e. The minimum absolute atomic E-state index is 0.153. The molecule has 3 nitrogen and oxygen atoms in total. The third kappa shape index (κ3) is 2.28. The number of benzene rings is 1. The van der Waals surface area contributed by atoms with Gasteiger partial charge in [0.05, 0.1) is 0 Å². The molecule has 2 saturated heterocycles. The van der Waals surface area contributed by atoms with E-state index >= 15 is 0 Å². The van der Waals surface area contributed by atoms with E-state index < -0.39 is 0 Å². The molecule has 0 radical (unpaired) electrons. The molecule has 98 valence electrons. The first-order valence-corrected chi connectivity index (χ1v) is 6.64. The van der Waals surface area contributed by atoms with Crippen molar-refractivity contribution in [1.29, 1.82) is 0 Å². The predicted octanol–water partition coefficient (Wildman–Crippen LogP) is 1.09. The normalized spacial score (nSPS) is 30.1. The van der Waals surface area contributed by atoms with Gasteiger partial charge in [-0.2, -0.15) is 0 Å². The molecule has 2 atom stereocenters. The van der Waals surface area contributed by atoms with Crippen molar-refractivity contribution >= 4 is 0 Å². The summed E-state index contributed by atoms with van der Waals surface area (Å²) in [6, 6.07) is 7.97. The Labute approximate surface area is 108 Å². The quantitative estimate of drug-likeness (QED) is 0.803. The average molecular weight is 249 g/mol. The molecule has 0 saturated carbocycles. The lowest BCUT2D eigenvalue weighted by atomic mass is 9.97. The zero-order valence-corrected chi connectivity index (χ0v) is 10.8. The highest BCUT2D eigenvalue weighted by atomic mass is 19.1. The minimum atomic E-state index is -0.153. The van der Waals surface area contributed by atoms with Gasteiger partial charge in [-0.05, 0) is 24.7 Å². The van der Waals surface area contributed by atoms with Crippen molar-refractivity contribution in [2.24, 2.45) is 0 Å². The summed E-state index contributed by atoms with van der Waals surface area (Å²) in [6.07, 6.45) is 0. The van der Waals surface area contributed by atoms with Gasteiger partial charge in [-0.1, -0.05) is 12.1 Å². The largest absolute Gasteiger partial charge is 0.314 e. The third-order valence-corrected chi connectivity index (χ3v) is 4.06. The molecule has 2 aliphatic heterocycles. The van der Waals surface area contributed by atoms with E-state index in [9.17, 15) is 4.39 Å². The highest BCUT2D eigenvalue weighted by Gasteiger charge is 2.35. The first kappa shape index (κ1) is 12.1. The van der Waals surface area contributed by atoms with Gasteiger partial charge in [0.2, 0.25) is 0 Å². The third-order valence-electron chi connectivity index (χ3n) is 4.06. The molecule has 0 spiro atoms. The maximum atomic E-state index is 13.0. The summed E-state index contributed by atoms with van der Waals surface area (Å²) in [7, 11) is 2.17. The fourth-order valence-corrected chi connectivity index (χ4v) is 3.17. The van der Waals surface area contributed by atoms with Crippen LogP contribution in [0, 0.1) is 5.82 Å². The molecule has 2 unspecified atom stereocenters. The highest BCUT2D eigenvalue weighted by Crippen LogP contribution is 2.28. The van der Waals surface area contributed by atoms with Crippen molar-refractivity contribution < 1.29 is 4.39 Å². The highest BCUT2D eigenvalue weighted by molar-refractivity contribution is 5.21. The SMILES string of the molecule is CN1CC2CNCCN2C(c2ccc(F)cc2)C1. The van der Waals surface area contributed by atoms with Gasteiger partial charge in [-0.3, -0.25) is 4.90 Å². The van der Waals surface area contributed by atoms with E-state index in [1.807, 2.05) is 12.1 Å². The zero-order chi connectivity index (χ0) is 12.5. The van der Waals surface area contributed by atoms with Crippen LogP contribution in [0.15, 0.2) is 24.3 Å². The van der Waals surface area contributed by atoms with Crippen molar-refractivity contribution in [3.05, 3.63) is 35.6 Å². The molecule has 1 N–H and O–H groups in total. The van der Waals surface area contributed by atoms with E-state index in [1.54, 1.807) is 12.1 Å². The standard InChI is InChI=1S/C14H20FN3/c1-17-9-13-8-16-6-7-18(13)14(10-17)11-2-4-12(15)5-3-11/h2-5,13-14,16H,6-10H2,1H3. The lowest BCUT2D eigenvalue weighted by Crippen LogP contribution is -2.61. The molecule has 3 rings (SSSR count). The molecule has 18 heavy (non-hydrogen) atoms. The molecule has 0 aliphatic carbocycles. The second-order valence-corrected chi connectivity index (χ2v) is 5.38. The number of hydrogen-bond donors (Lipinski definition) is 1. The zero-order valence-electron chi connectivity index (χ0n) is 10.8. The summed E-state index contributed by atoms with van der Waals surface area (Å²) in [4.78, 5) is 4.95. The van der Waals surface area contributed by atoms with Gasteiger partial charge in [0.15, 0.2) is 0 Å². The number of nitrogens with zero attached hydrogens (tertiary/aromatic N) is 2. The second-order valence-electron chi connectivity index (χ2n) is 5.38. The first-order valence-electron chi connectivity index (χ1n) is 6.64. The molecule has 2 fully saturated rings. The molecular weight excluding hydrogens is 229 g/mol. The molecule has 2 aliphatic rings. The van der Waals surface area contributed by atoms with Crippen molar-refractivity contribution in [3.8, 4) is 0 Å². The number of hydrogen-bond acceptors (Lipinski definition) is 3. The lowest BCUT2D eigenvalue weighted by Gasteiger charge is -2.48. The van der Waals surface area contributed by atoms with E-state index in [0.717, 1.165) is 32.7 Å². The van der Waals surface area contributed by atoms with E-state index in [2.05, 4.69) is 22.2 Å². The van der Waals surface area contributed by atoms with Crippen molar-refractivity contribution in [2.75, 3.05) is 39.8 Å². The van der Waals surface area contributed by atoms with Gasteiger partial charge in [-0.15, -0.1) is 0 Å². The van der Waals surface area contributed by atoms with Gasteiger partial charge >= 0.3 is 0 Å². The summed E-state index contributed by atoms with van der Waals surface area (Å²) in [5.74, 6) is -0.153. The Balaban J connectivity index is 1.86. The van der Waals surface area contributed by atoms with Crippen molar-refractivity contribution in [1.82, 2.24) is 15.1 Å².